The first-order valence-electron chi connectivity index (χ1n) is 9.89. The lowest BCUT2D eigenvalue weighted by atomic mass is 10.0. The molecular formula is C23H29NO5. The van der Waals surface area contributed by atoms with Crippen molar-refractivity contribution in [2.24, 2.45) is 0 Å². The average molecular weight is 399 g/mol. The fraction of sp³-hybridized carbons (Fsp3) is 0.391. The van der Waals surface area contributed by atoms with Crippen LogP contribution in [0, 0.1) is 0 Å². The first-order chi connectivity index (χ1) is 14.1. The predicted octanol–water partition coefficient (Wildman–Crippen LogP) is 4.27. The van der Waals surface area contributed by atoms with Gasteiger partial charge in [-0.15, -0.1) is 0 Å². The largest absolute Gasteiger partial charge is 0.496 e. The molecule has 1 unspecified atom stereocenters. The van der Waals surface area contributed by atoms with Gasteiger partial charge in [0.25, 0.3) is 0 Å². The Morgan fingerprint density at radius 1 is 1.00 bits per heavy atom. The van der Waals surface area contributed by atoms with Crippen LogP contribution in [0.2, 0.25) is 0 Å². The molecule has 156 valence electrons. The van der Waals surface area contributed by atoms with E-state index in [1.807, 2.05) is 61.5 Å². The van der Waals surface area contributed by atoms with Crippen molar-refractivity contribution < 1.29 is 23.8 Å². The maximum absolute atomic E-state index is 12.6. The van der Waals surface area contributed by atoms with E-state index in [0.717, 1.165) is 29.7 Å². The molecule has 2 aromatic rings. The maximum Gasteiger partial charge on any atom is 0.407 e. The smallest absolute Gasteiger partial charge is 0.407 e. The van der Waals surface area contributed by atoms with Gasteiger partial charge in [0.2, 0.25) is 0 Å². The van der Waals surface area contributed by atoms with E-state index in [0.29, 0.717) is 19.4 Å². The molecule has 29 heavy (non-hydrogen) atoms. The second-order valence-corrected chi connectivity index (χ2v) is 6.63. The monoisotopic (exact) mass is 399 g/mol. The summed E-state index contributed by atoms with van der Waals surface area (Å²) in [6.07, 6.45) is 2.00. The maximum atomic E-state index is 12.6. The highest BCUT2D eigenvalue weighted by Crippen LogP contribution is 2.20. The van der Waals surface area contributed by atoms with Crippen LogP contribution in [0.25, 0.3) is 0 Å². The Kier molecular flexibility index (Phi) is 9.55. The molecule has 1 amide bonds. The number of para-hydroxylation sites is 1. The van der Waals surface area contributed by atoms with Crippen molar-refractivity contribution in [2.45, 2.75) is 45.3 Å². The molecule has 0 radical (unpaired) electrons. The summed E-state index contributed by atoms with van der Waals surface area (Å²) < 4.78 is 15.9. The number of alkyl carbamates (subject to hydrolysis) is 1. The molecule has 0 aliphatic carbocycles. The van der Waals surface area contributed by atoms with E-state index in [1.165, 1.54) is 0 Å². The van der Waals surface area contributed by atoms with E-state index >= 15 is 0 Å². The first-order valence-corrected chi connectivity index (χ1v) is 9.89. The lowest BCUT2D eigenvalue weighted by molar-refractivity contribution is -0.147. The van der Waals surface area contributed by atoms with E-state index in [4.69, 9.17) is 14.2 Å². The van der Waals surface area contributed by atoms with Gasteiger partial charge in [0.05, 0.1) is 13.7 Å². The fourth-order valence-electron chi connectivity index (χ4n) is 2.78. The number of esters is 1. The zero-order valence-corrected chi connectivity index (χ0v) is 17.1. The topological polar surface area (TPSA) is 73.9 Å². The molecule has 2 aromatic carbocycles. The van der Waals surface area contributed by atoms with Gasteiger partial charge in [-0.3, -0.25) is 0 Å². The minimum absolute atomic E-state index is 0.150. The van der Waals surface area contributed by atoms with E-state index in [-0.39, 0.29) is 6.61 Å². The van der Waals surface area contributed by atoms with Crippen LogP contribution in [-0.2, 0) is 27.3 Å². The van der Waals surface area contributed by atoms with Gasteiger partial charge in [0.1, 0.15) is 18.4 Å². The normalized spacial score (nSPS) is 11.4. The third kappa shape index (κ3) is 7.86. The van der Waals surface area contributed by atoms with Crippen LogP contribution in [0.1, 0.15) is 37.3 Å². The van der Waals surface area contributed by atoms with Gasteiger partial charge in [-0.1, -0.05) is 61.9 Å². The molecule has 0 saturated heterocycles. The van der Waals surface area contributed by atoms with Crippen LogP contribution < -0.4 is 10.1 Å². The number of nitrogens with one attached hydrogen (secondary N) is 1. The van der Waals surface area contributed by atoms with E-state index in [2.05, 4.69) is 5.32 Å². The minimum Gasteiger partial charge on any atom is -0.496 e. The summed E-state index contributed by atoms with van der Waals surface area (Å²) in [6, 6.07) is 16.2. The Hall–Kier alpha value is -3.02. The summed E-state index contributed by atoms with van der Waals surface area (Å²) in [7, 11) is 1.60. The third-order valence-corrected chi connectivity index (χ3v) is 4.43. The second-order valence-electron chi connectivity index (χ2n) is 6.63. The number of rotatable bonds is 11. The molecule has 0 aromatic heterocycles. The van der Waals surface area contributed by atoms with Crippen LogP contribution in [0.4, 0.5) is 4.79 Å². The lowest BCUT2D eigenvalue weighted by Gasteiger charge is -2.18. The Morgan fingerprint density at radius 2 is 1.72 bits per heavy atom. The van der Waals surface area contributed by atoms with Crippen molar-refractivity contribution in [3.05, 3.63) is 65.7 Å². The summed E-state index contributed by atoms with van der Waals surface area (Å²) in [5.74, 6) is 0.255. The second kappa shape index (κ2) is 12.4. The molecule has 0 fully saturated rings. The van der Waals surface area contributed by atoms with Crippen molar-refractivity contribution in [1.29, 1.82) is 0 Å². The number of unbranched alkanes of at least 4 members (excludes halogenated alkanes) is 1. The molecule has 1 atom stereocenters. The van der Waals surface area contributed by atoms with Gasteiger partial charge < -0.3 is 19.5 Å². The van der Waals surface area contributed by atoms with Gasteiger partial charge in [0.15, 0.2) is 0 Å². The van der Waals surface area contributed by atoms with Crippen LogP contribution in [0.3, 0.4) is 0 Å². The molecule has 2 rings (SSSR count). The summed E-state index contributed by atoms with van der Waals surface area (Å²) in [4.78, 5) is 24.7. The third-order valence-electron chi connectivity index (χ3n) is 4.43. The SMILES string of the molecule is CCCCOC(=O)NC(CCc1ccccc1OC)C(=O)OCc1ccccc1. The molecule has 6 nitrogen and oxygen atoms in total. The van der Waals surface area contributed by atoms with Crippen LogP contribution in [-0.4, -0.2) is 31.8 Å². The molecule has 0 heterocycles. The molecule has 0 aliphatic heterocycles. The molecule has 1 N–H and O–H groups in total. The van der Waals surface area contributed by atoms with Crippen molar-refractivity contribution in [2.75, 3.05) is 13.7 Å². The number of ether oxygens (including phenoxy) is 3. The minimum atomic E-state index is -0.808. The standard InChI is InChI=1S/C23H29NO5/c1-3-4-16-28-23(26)24-20(15-14-19-12-8-9-13-21(19)27-2)22(25)29-17-18-10-6-5-7-11-18/h5-13,20H,3-4,14-17H2,1-2H3,(H,24,26). The average Bonchev–Trinajstić information content (AvgIpc) is 2.76. The summed E-state index contributed by atoms with van der Waals surface area (Å²) in [6.45, 7) is 2.48. The van der Waals surface area contributed by atoms with Crippen molar-refractivity contribution >= 4 is 12.1 Å². The van der Waals surface area contributed by atoms with Crippen LogP contribution in [0.15, 0.2) is 54.6 Å². The van der Waals surface area contributed by atoms with Gasteiger partial charge in [0, 0.05) is 0 Å². The first kappa shape index (κ1) is 22.3. The number of amides is 1. The predicted molar refractivity (Wildman–Crippen MR) is 111 cm³/mol. The van der Waals surface area contributed by atoms with Gasteiger partial charge >= 0.3 is 12.1 Å². The Labute approximate surface area is 172 Å². The summed E-state index contributed by atoms with van der Waals surface area (Å²) >= 11 is 0. The molecule has 6 heteroatoms. The summed E-state index contributed by atoms with van der Waals surface area (Å²) in [5.41, 5.74) is 1.84. The van der Waals surface area contributed by atoms with Gasteiger partial charge in [-0.25, -0.2) is 9.59 Å². The Balaban J connectivity index is 1.99. The fourth-order valence-corrected chi connectivity index (χ4v) is 2.78. The molecule has 0 spiro atoms. The number of hydrogen-bond acceptors (Lipinski definition) is 5. The van der Waals surface area contributed by atoms with E-state index < -0.39 is 18.1 Å². The molecule has 0 bridgehead atoms. The number of methoxy groups -OCH3 is 1. The van der Waals surface area contributed by atoms with E-state index in [1.54, 1.807) is 7.11 Å². The lowest BCUT2D eigenvalue weighted by Crippen LogP contribution is -2.42. The Morgan fingerprint density at radius 3 is 2.45 bits per heavy atom. The van der Waals surface area contributed by atoms with E-state index in [9.17, 15) is 9.59 Å². The number of carbonyl (C=O) groups is 2. The van der Waals surface area contributed by atoms with Crippen molar-refractivity contribution in [3.63, 3.8) is 0 Å². The summed E-state index contributed by atoms with van der Waals surface area (Å²) in [5, 5.41) is 2.64. The number of aryl methyl sites for hydroxylation is 1. The number of carbonyl (C=O) groups excluding carboxylic acids is 2. The molecular weight excluding hydrogens is 370 g/mol. The Bertz CT molecular complexity index is 763. The number of benzene rings is 2. The highest BCUT2D eigenvalue weighted by Gasteiger charge is 2.23. The molecule has 0 aliphatic rings. The molecule has 0 saturated carbocycles. The quantitative estimate of drug-likeness (QED) is 0.451. The highest BCUT2D eigenvalue weighted by molar-refractivity contribution is 5.81. The van der Waals surface area contributed by atoms with Crippen LogP contribution >= 0.6 is 0 Å². The highest BCUT2D eigenvalue weighted by atomic mass is 16.6. The van der Waals surface area contributed by atoms with Gasteiger partial charge in [-0.2, -0.15) is 0 Å². The van der Waals surface area contributed by atoms with Crippen molar-refractivity contribution in [3.8, 4) is 5.75 Å². The number of hydrogen-bond donors (Lipinski definition) is 1. The zero-order valence-electron chi connectivity index (χ0n) is 17.1. The van der Waals surface area contributed by atoms with Crippen molar-refractivity contribution in [1.82, 2.24) is 5.32 Å². The van der Waals surface area contributed by atoms with Crippen LogP contribution in [0.5, 0.6) is 5.75 Å². The zero-order chi connectivity index (χ0) is 20.9. The van der Waals surface area contributed by atoms with Gasteiger partial charge in [-0.05, 0) is 36.5 Å².